The van der Waals surface area contributed by atoms with Crippen molar-refractivity contribution in [2.75, 3.05) is 0 Å². The average Bonchev–Trinajstić information content (AvgIpc) is 2.97. The van der Waals surface area contributed by atoms with Gasteiger partial charge < -0.3 is 0 Å². The summed E-state index contributed by atoms with van der Waals surface area (Å²) in [6.07, 6.45) is 0.755. The van der Waals surface area contributed by atoms with Crippen LogP contribution in [0.1, 0.15) is 10.1 Å². The van der Waals surface area contributed by atoms with E-state index >= 15 is 0 Å². The molecule has 104 valence electrons. The first-order chi connectivity index (χ1) is 10.2. The van der Waals surface area contributed by atoms with Gasteiger partial charge in [0.15, 0.2) is 0 Å². The summed E-state index contributed by atoms with van der Waals surface area (Å²) >= 11 is 0.257. The Kier molecular flexibility index (Phi) is 3.95. The number of nitro benzene ring substituents is 1. The van der Waals surface area contributed by atoms with Crippen LogP contribution in [0.25, 0.3) is 11.3 Å². The molecular formula is C16H12N2O2Se. The van der Waals surface area contributed by atoms with Crippen molar-refractivity contribution >= 4 is 20.2 Å². The number of aromatic nitrogens is 1. The molecule has 0 aliphatic heterocycles. The summed E-state index contributed by atoms with van der Waals surface area (Å²) in [5, 5.41) is 10.6. The number of hydrogen-bond donors (Lipinski definition) is 0. The fourth-order valence-electron chi connectivity index (χ4n) is 2.04. The van der Waals surface area contributed by atoms with E-state index in [9.17, 15) is 10.1 Å². The van der Waals surface area contributed by atoms with Crippen LogP contribution in [0.4, 0.5) is 5.69 Å². The monoisotopic (exact) mass is 344 g/mol. The average molecular weight is 343 g/mol. The van der Waals surface area contributed by atoms with Crippen LogP contribution < -0.4 is 0 Å². The zero-order chi connectivity index (χ0) is 14.7. The molecule has 0 aliphatic carbocycles. The molecule has 0 aliphatic rings. The summed E-state index contributed by atoms with van der Waals surface area (Å²) < 4.78 is 1.15. The minimum atomic E-state index is -0.379. The van der Waals surface area contributed by atoms with Crippen molar-refractivity contribution < 1.29 is 4.92 Å². The maximum atomic E-state index is 10.6. The van der Waals surface area contributed by atoms with Gasteiger partial charge in [0.25, 0.3) is 0 Å². The van der Waals surface area contributed by atoms with Gasteiger partial charge in [0.1, 0.15) is 0 Å². The van der Waals surface area contributed by atoms with E-state index in [1.807, 2.05) is 18.2 Å². The zero-order valence-electron chi connectivity index (χ0n) is 11.1. The van der Waals surface area contributed by atoms with E-state index in [0.29, 0.717) is 0 Å². The topological polar surface area (TPSA) is 56.0 Å². The SMILES string of the molecule is O=[N+]([O-])c1ccc(Cc2nc(-c3ccccc3)c[se]2)cc1. The van der Waals surface area contributed by atoms with Crippen molar-refractivity contribution in [1.82, 2.24) is 4.98 Å². The van der Waals surface area contributed by atoms with Crippen molar-refractivity contribution in [2.45, 2.75) is 6.42 Å². The van der Waals surface area contributed by atoms with Crippen molar-refractivity contribution in [3.8, 4) is 11.3 Å². The first-order valence-corrected chi connectivity index (χ1v) is 8.30. The van der Waals surface area contributed by atoms with Crippen LogP contribution in [0.3, 0.4) is 0 Å². The molecule has 0 unspecified atom stereocenters. The molecule has 0 amide bonds. The van der Waals surface area contributed by atoms with Gasteiger partial charge in [-0.15, -0.1) is 0 Å². The molecule has 0 atom stereocenters. The van der Waals surface area contributed by atoms with Gasteiger partial charge in [0, 0.05) is 0 Å². The second kappa shape index (κ2) is 6.04. The zero-order valence-corrected chi connectivity index (χ0v) is 12.8. The molecule has 0 saturated heterocycles. The van der Waals surface area contributed by atoms with Crippen molar-refractivity contribution in [1.29, 1.82) is 0 Å². The summed E-state index contributed by atoms with van der Waals surface area (Å²) in [6, 6.07) is 16.8. The van der Waals surface area contributed by atoms with E-state index in [4.69, 9.17) is 0 Å². The first-order valence-electron chi connectivity index (χ1n) is 6.45. The number of non-ortho nitro benzene ring substituents is 1. The molecule has 4 nitrogen and oxygen atoms in total. The number of hydrogen-bond acceptors (Lipinski definition) is 3. The minimum absolute atomic E-state index is 0.126. The van der Waals surface area contributed by atoms with Crippen molar-refractivity contribution in [3.63, 3.8) is 0 Å². The van der Waals surface area contributed by atoms with Gasteiger partial charge in [-0.05, 0) is 0 Å². The number of rotatable bonds is 4. The Morgan fingerprint density at radius 1 is 1.05 bits per heavy atom. The molecule has 0 bridgehead atoms. The van der Waals surface area contributed by atoms with Crippen LogP contribution >= 0.6 is 0 Å². The fourth-order valence-corrected chi connectivity index (χ4v) is 3.80. The molecule has 0 saturated carbocycles. The van der Waals surface area contributed by atoms with Gasteiger partial charge in [-0.1, -0.05) is 0 Å². The molecule has 21 heavy (non-hydrogen) atoms. The van der Waals surface area contributed by atoms with Gasteiger partial charge in [-0.25, -0.2) is 0 Å². The third-order valence-corrected chi connectivity index (χ3v) is 4.90. The Morgan fingerprint density at radius 2 is 1.76 bits per heavy atom. The van der Waals surface area contributed by atoms with Crippen LogP contribution in [0.15, 0.2) is 59.5 Å². The summed E-state index contributed by atoms with van der Waals surface area (Å²) in [4.78, 5) is 17.1. The Labute approximate surface area is 128 Å². The molecule has 0 fully saturated rings. The molecule has 0 N–H and O–H groups in total. The molecule has 5 heteroatoms. The van der Waals surface area contributed by atoms with Crippen LogP contribution in [0.2, 0.25) is 0 Å². The summed E-state index contributed by atoms with van der Waals surface area (Å²) in [5.41, 5.74) is 3.36. The van der Waals surface area contributed by atoms with Crippen molar-refractivity contribution in [2.24, 2.45) is 0 Å². The van der Waals surface area contributed by atoms with E-state index in [1.165, 1.54) is 0 Å². The Bertz CT molecular complexity index is 751. The third-order valence-electron chi connectivity index (χ3n) is 3.12. The van der Waals surface area contributed by atoms with Gasteiger partial charge in [0.2, 0.25) is 0 Å². The summed E-state index contributed by atoms with van der Waals surface area (Å²) in [7, 11) is 0. The van der Waals surface area contributed by atoms with E-state index < -0.39 is 0 Å². The molecule has 3 rings (SSSR count). The Hall–Kier alpha value is -2.23. The second-order valence-corrected chi connectivity index (χ2v) is 6.57. The van der Waals surface area contributed by atoms with Crippen LogP contribution in [0.5, 0.6) is 0 Å². The van der Waals surface area contributed by atoms with E-state index in [-0.39, 0.29) is 25.1 Å². The Balaban J connectivity index is 1.77. The predicted molar refractivity (Wildman–Crippen MR) is 82.5 cm³/mol. The quantitative estimate of drug-likeness (QED) is 0.415. The fraction of sp³-hybridized carbons (Fsp3) is 0.0625. The maximum absolute atomic E-state index is 10.6. The normalized spacial score (nSPS) is 10.5. The third kappa shape index (κ3) is 3.27. The first kappa shape index (κ1) is 13.7. The molecule has 1 aromatic heterocycles. The van der Waals surface area contributed by atoms with Gasteiger partial charge >= 0.3 is 128 Å². The second-order valence-electron chi connectivity index (χ2n) is 4.59. The van der Waals surface area contributed by atoms with Crippen LogP contribution in [-0.4, -0.2) is 24.4 Å². The van der Waals surface area contributed by atoms with E-state index in [0.717, 1.165) is 27.8 Å². The molecular weight excluding hydrogens is 331 g/mol. The van der Waals surface area contributed by atoms with Gasteiger partial charge in [0.05, 0.1) is 0 Å². The number of nitrogens with zero attached hydrogens (tertiary/aromatic N) is 2. The van der Waals surface area contributed by atoms with Crippen LogP contribution in [0, 0.1) is 10.1 Å². The van der Waals surface area contributed by atoms with Gasteiger partial charge in [-0.2, -0.15) is 0 Å². The van der Waals surface area contributed by atoms with E-state index in [2.05, 4.69) is 22.1 Å². The summed E-state index contributed by atoms with van der Waals surface area (Å²) in [5.74, 6) is 0. The number of nitro groups is 1. The standard InChI is InChI=1S/C16H12N2O2Se/c19-18(20)14-8-6-12(7-9-14)10-16-17-15(11-21-16)13-4-2-1-3-5-13/h1-9,11H,10H2. The number of benzene rings is 2. The van der Waals surface area contributed by atoms with E-state index in [1.54, 1.807) is 24.3 Å². The van der Waals surface area contributed by atoms with Crippen molar-refractivity contribution in [3.05, 3.63) is 79.8 Å². The van der Waals surface area contributed by atoms with Gasteiger partial charge in [-0.3, -0.25) is 0 Å². The Morgan fingerprint density at radius 3 is 2.43 bits per heavy atom. The summed E-state index contributed by atoms with van der Waals surface area (Å²) in [6.45, 7) is 0. The molecule has 0 spiro atoms. The molecule has 3 aromatic rings. The molecule has 0 radical (unpaired) electrons. The van der Waals surface area contributed by atoms with Crippen LogP contribution in [-0.2, 0) is 6.42 Å². The predicted octanol–water partition coefficient (Wildman–Crippen LogP) is 3.30. The molecule has 1 heterocycles. The molecule has 2 aromatic carbocycles.